The zero-order valence-corrected chi connectivity index (χ0v) is 18.3. The van der Waals surface area contributed by atoms with Gasteiger partial charge in [-0.15, -0.1) is 10.2 Å². The van der Waals surface area contributed by atoms with Gasteiger partial charge in [0.05, 0.1) is 24.5 Å². The van der Waals surface area contributed by atoms with Crippen molar-refractivity contribution in [1.82, 2.24) is 19.7 Å². The van der Waals surface area contributed by atoms with E-state index in [1.54, 1.807) is 7.11 Å². The molecule has 2 heterocycles. The number of nitrogens with one attached hydrogen (secondary N) is 2. The number of methoxy groups -OCH3 is 1. The molecule has 1 amide bonds. The summed E-state index contributed by atoms with van der Waals surface area (Å²) in [7, 11) is 1.59. The number of hydrogen-bond donors (Lipinski definition) is 2. The second-order valence-electron chi connectivity index (χ2n) is 7.11. The first kappa shape index (κ1) is 22.9. The summed E-state index contributed by atoms with van der Waals surface area (Å²) in [5.74, 6) is 0.134. The van der Waals surface area contributed by atoms with Crippen LogP contribution in [-0.2, 0) is 22.3 Å². The summed E-state index contributed by atoms with van der Waals surface area (Å²) in [6.07, 6.45) is -2.63. The number of amides is 1. The van der Waals surface area contributed by atoms with Crippen LogP contribution in [0.25, 0.3) is 22.3 Å². The molecule has 0 spiro atoms. The number of anilines is 1. The van der Waals surface area contributed by atoms with Gasteiger partial charge in [0.25, 0.3) is 0 Å². The lowest BCUT2D eigenvalue weighted by atomic mass is 10.1. The van der Waals surface area contributed by atoms with E-state index in [1.165, 1.54) is 12.1 Å². The van der Waals surface area contributed by atoms with E-state index >= 15 is 0 Å². The first-order valence-electron chi connectivity index (χ1n) is 9.95. The van der Waals surface area contributed by atoms with E-state index in [9.17, 15) is 18.0 Å². The van der Waals surface area contributed by atoms with Crippen molar-refractivity contribution in [3.05, 3.63) is 60.3 Å². The molecule has 0 aliphatic carbocycles. The van der Waals surface area contributed by atoms with Gasteiger partial charge in [-0.2, -0.15) is 13.2 Å². The van der Waals surface area contributed by atoms with Gasteiger partial charge in [-0.1, -0.05) is 36.0 Å². The molecular formula is C22H20F3N5O2S. The topological polar surface area (TPSA) is 84.8 Å². The number of hydrogen-bond acceptors (Lipinski definition) is 5. The van der Waals surface area contributed by atoms with Gasteiger partial charge in [-0.3, -0.25) is 9.36 Å². The lowest BCUT2D eigenvalue weighted by Gasteiger charge is -2.11. The van der Waals surface area contributed by atoms with Gasteiger partial charge >= 0.3 is 6.18 Å². The smallest absolute Gasteiger partial charge is 0.383 e. The molecule has 7 nitrogen and oxygen atoms in total. The van der Waals surface area contributed by atoms with E-state index in [1.807, 2.05) is 35.0 Å². The fourth-order valence-corrected chi connectivity index (χ4v) is 4.10. The van der Waals surface area contributed by atoms with Crippen molar-refractivity contribution in [1.29, 1.82) is 0 Å². The maximum Gasteiger partial charge on any atom is 0.416 e. The molecule has 4 aromatic rings. The second-order valence-corrected chi connectivity index (χ2v) is 8.06. The molecule has 0 radical (unpaired) electrons. The number of ether oxygens (including phenoxy) is 1. The Kier molecular flexibility index (Phi) is 6.70. The van der Waals surface area contributed by atoms with Gasteiger partial charge in [0.2, 0.25) is 5.91 Å². The predicted octanol–water partition coefficient (Wildman–Crippen LogP) is 4.82. The summed E-state index contributed by atoms with van der Waals surface area (Å²) in [4.78, 5) is 15.6. The number of thioether (sulfide) groups is 1. The van der Waals surface area contributed by atoms with Crippen LogP contribution in [0.3, 0.4) is 0 Å². The largest absolute Gasteiger partial charge is 0.416 e. The molecule has 172 valence electrons. The fraction of sp³-hybridized carbons (Fsp3) is 0.227. The Morgan fingerprint density at radius 2 is 2.00 bits per heavy atom. The minimum Gasteiger partial charge on any atom is -0.383 e. The standard InChI is InChI=1S/C22H20F3N5O2S/c1-32-10-9-30-20(17-12-26-18-8-3-2-7-16(17)18)28-29-21(30)33-13-19(31)27-15-6-4-5-14(11-15)22(23,24)25/h2-8,11-12,26H,9-10,13H2,1H3,(H,27,31). The van der Waals surface area contributed by atoms with Gasteiger partial charge in [-0.25, -0.2) is 0 Å². The van der Waals surface area contributed by atoms with Crippen molar-refractivity contribution in [2.75, 3.05) is 24.8 Å². The Morgan fingerprint density at radius 3 is 2.79 bits per heavy atom. The average molecular weight is 475 g/mol. The molecule has 0 saturated heterocycles. The number of carbonyl (C=O) groups excluding carboxylic acids is 1. The zero-order chi connectivity index (χ0) is 23.4. The quantitative estimate of drug-likeness (QED) is 0.357. The number of nitrogens with zero attached hydrogens (tertiary/aromatic N) is 3. The van der Waals surface area contributed by atoms with Crippen LogP contribution >= 0.6 is 11.8 Å². The summed E-state index contributed by atoms with van der Waals surface area (Å²) < 4.78 is 45.7. The first-order valence-corrected chi connectivity index (χ1v) is 10.9. The predicted molar refractivity (Wildman–Crippen MR) is 120 cm³/mol. The van der Waals surface area contributed by atoms with Crippen molar-refractivity contribution in [3.63, 3.8) is 0 Å². The number of benzene rings is 2. The molecule has 11 heteroatoms. The number of fused-ring (bicyclic) bond motifs is 1. The zero-order valence-electron chi connectivity index (χ0n) is 17.5. The molecule has 0 bridgehead atoms. The van der Waals surface area contributed by atoms with Gasteiger partial charge in [-0.05, 0) is 24.3 Å². The van der Waals surface area contributed by atoms with Gasteiger partial charge in [0.1, 0.15) is 0 Å². The molecule has 2 aromatic heterocycles. The normalized spacial score (nSPS) is 11.8. The number of H-pyrrole nitrogens is 1. The number of halogens is 3. The van der Waals surface area contributed by atoms with E-state index in [0.29, 0.717) is 24.1 Å². The van der Waals surface area contributed by atoms with Crippen LogP contribution < -0.4 is 5.32 Å². The minimum atomic E-state index is -4.48. The molecule has 0 fully saturated rings. The van der Waals surface area contributed by atoms with Crippen LogP contribution in [0.1, 0.15) is 5.56 Å². The fourth-order valence-electron chi connectivity index (χ4n) is 3.34. The lowest BCUT2D eigenvalue weighted by Crippen LogP contribution is -2.16. The number of para-hydroxylation sites is 1. The van der Waals surface area contributed by atoms with E-state index in [0.717, 1.165) is 40.4 Å². The number of carbonyl (C=O) groups is 1. The van der Waals surface area contributed by atoms with Crippen molar-refractivity contribution in [3.8, 4) is 11.4 Å². The van der Waals surface area contributed by atoms with E-state index < -0.39 is 17.6 Å². The number of aromatic amines is 1. The molecule has 0 atom stereocenters. The first-order chi connectivity index (χ1) is 15.9. The van der Waals surface area contributed by atoms with Crippen molar-refractivity contribution < 1.29 is 22.7 Å². The summed E-state index contributed by atoms with van der Waals surface area (Å²) in [6.45, 7) is 0.882. The van der Waals surface area contributed by atoms with Gasteiger partial charge in [0.15, 0.2) is 11.0 Å². The summed E-state index contributed by atoms with van der Waals surface area (Å²) >= 11 is 1.15. The summed E-state index contributed by atoms with van der Waals surface area (Å²) in [5.41, 5.74) is 1.09. The third-order valence-corrected chi connectivity index (χ3v) is 5.84. The monoisotopic (exact) mass is 475 g/mol. The molecule has 0 aliphatic rings. The molecule has 2 aromatic carbocycles. The van der Waals surface area contributed by atoms with Crippen molar-refractivity contribution >= 4 is 34.3 Å². The number of rotatable bonds is 8. The highest BCUT2D eigenvalue weighted by atomic mass is 32.2. The van der Waals surface area contributed by atoms with Crippen molar-refractivity contribution in [2.45, 2.75) is 17.9 Å². The molecule has 33 heavy (non-hydrogen) atoms. The molecule has 0 unspecified atom stereocenters. The highest BCUT2D eigenvalue weighted by molar-refractivity contribution is 7.99. The molecule has 2 N–H and O–H groups in total. The van der Waals surface area contributed by atoms with Crippen LogP contribution in [0.2, 0.25) is 0 Å². The number of alkyl halides is 3. The van der Waals surface area contributed by atoms with Crippen LogP contribution in [0.15, 0.2) is 59.9 Å². The van der Waals surface area contributed by atoms with Gasteiger partial charge < -0.3 is 15.0 Å². The maximum atomic E-state index is 12.9. The molecular weight excluding hydrogens is 455 g/mol. The molecule has 4 rings (SSSR count). The molecule has 0 aliphatic heterocycles. The van der Waals surface area contributed by atoms with E-state index in [-0.39, 0.29) is 11.4 Å². The number of aromatic nitrogens is 4. The minimum absolute atomic E-state index is 0.0464. The molecule has 0 saturated carbocycles. The summed E-state index contributed by atoms with van der Waals surface area (Å²) in [6, 6.07) is 12.3. The van der Waals surface area contributed by atoms with Crippen LogP contribution in [0.5, 0.6) is 0 Å². The Hall–Kier alpha value is -3.31. The highest BCUT2D eigenvalue weighted by Crippen LogP contribution is 2.32. The van der Waals surface area contributed by atoms with E-state index in [4.69, 9.17) is 4.74 Å². The third kappa shape index (κ3) is 5.20. The maximum absolute atomic E-state index is 12.9. The van der Waals surface area contributed by atoms with Crippen LogP contribution in [0.4, 0.5) is 18.9 Å². The Labute approximate surface area is 191 Å². The Morgan fingerprint density at radius 1 is 1.18 bits per heavy atom. The Bertz CT molecular complexity index is 1270. The van der Waals surface area contributed by atoms with Crippen molar-refractivity contribution in [2.24, 2.45) is 0 Å². The lowest BCUT2D eigenvalue weighted by molar-refractivity contribution is -0.137. The van der Waals surface area contributed by atoms with Crippen LogP contribution in [0, 0.1) is 0 Å². The highest BCUT2D eigenvalue weighted by Gasteiger charge is 2.30. The van der Waals surface area contributed by atoms with E-state index in [2.05, 4.69) is 20.5 Å². The SMILES string of the molecule is COCCn1c(SCC(=O)Nc2cccc(C(F)(F)F)c2)nnc1-c1c[nH]c2ccccc12. The average Bonchev–Trinajstić information content (AvgIpc) is 3.39. The van der Waals surface area contributed by atoms with Gasteiger partial charge in [0, 0.05) is 35.5 Å². The summed E-state index contributed by atoms with van der Waals surface area (Å²) in [5, 5.41) is 12.6. The Balaban J connectivity index is 1.51. The second kappa shape index (κ2) is 9.67. The third-order valence-electron chi connectivity index (χ3n) is 4.87. The van der Waals surface area contributed by atoms with Crippen LogP contribution in [-0.4, -0.2) is 45.1 Å².